The van der Waals surface area contributed by atoms with Gasteiger partial charge in [-0.2, -0.15) is 0 Å². The van der Waals surface area contributed by atoms with E-state index < -0.39 is 0 Å². The fourth-order valence-corrected chi connectivity index (χ4v) is 4.27. The van der Waals surface area contributed by atoms with Crippen molar-refractivity contribution in [1.82, 2.24) is 10.2 Å². The molecule has 0 amide bonds. The van der Waals surface area contributed by atoms with Crippen LogP contribution in [0.5, 0.6) is 0 Å². The fraction of sp³-hybridized carbons (Fsp3) is 0.667. The van der Waals surface area contributed by atoms with Crippen LogP contribution in [-0.2, 0) is 0 Å². The van der Waals surface area contributed by atoms with Crippen molar-refractivity contribution in [3.8, 4) is 0 Å². The van der Waals surface area contributed by atoms with E-state index in [1.807, 2.05) is 0 Å². The third kappa shape index (κ3) is 3.69. The molecule has 2 nitrogen and oxygen atoms in total. The van der Waals surface area contributed by atoms with E-state index in [1.165, 1.54) is 68.2 Å². The Kier molecular flexibility index (Phi) is 5.03. The van der Waals surface area contributed by atoms with Gasteiger partial charge < -0.3 is 5.32 Å². The summed E-state index contributed by atoms with van der Waals surface area (Å²) in [5.41, 5.74) is 1.82. The van der Waals surface area contributed by atoms with Gasteiger partial charge in [-0.1, -0.05) is 47.3 Å². The highest BCUT2D eigenvalue weighted by atomic mass is 79.9. The van der Waals surface area contributed by atoms with Gasteiger partial charge in [0.1, 0.15) is 0 Å². The second kappa shape index (κ2) is 6.80. The van der Waals surface area contributed by atoms with Crippen LogP contribution < -0.4 is 5.32 Å². The average Bonchev–Trinajstić information content (AvgIpc) is 2.71. The zero-order valence-electron chi connectivity index (χ0n) is 13.1. The van der Waals surface area contributed by atoms with Crippen LogP contribution in [0.4, 0.5) is 0 Å². The SMILES string of the molecule is CC(c1ccc(Br)cc1)N1CCCNC2(CCCCC2)C1. The van der Waals surface area contributed by atoms with Gasteiger partial charge in [-0.3, -0.25) is 4.90 Å². The minimum atomic E-state index is 0.387. The van der Waals surface area contributed by atoms with Gasteiger partial charge in [0, 0.05) is 29.1 Å². The molecule has 2 fully saturated rings. The van der Waals surface area contributed by atoms with Crippen molar-refractivity contribution in [2.45, 2.75) is 57.0 Å². The molecule has 1 saturated carbocycles. The van der Waals surface area contributed by atoms with E-state index in [0.717, 1.165) is 0 Å². The Balaban J connectivity index is 1.74. The fourth-order valence-electron chi connectivity index (χ4n) is 4.01. The van der Waals surface area contributed by atoms with E-state index in [-0.39, 0.29) is 0 Å². The molecular formula is C18H27BrN2. The number of halogens is 1. The van der Waals surface area contributed by atoms with Gasteiger partial charge in [0.05, 0.1) is 0 Å². The van der Waals surface area contributed by atoms with E-state index in [1.54, 1.807) is 0 Å². The third-order valence-electron chi connectivity index (χ3n) is 5.34. The second-order valence-corrected chi connectivity index (χ2v) is 7.73. The lowest BCUT2D eigenvalue weighted by Gasteiger charge is -2.41. The lowest BCUT2D eigenvalue weighted by Crippen LogP contribution is -2.52. The molecule has 0 bridgehead atoms. The van der Waals surface area contributed by atoms with Crippen molar-refractivity contribution in [2.24, 2.45) is 0 Å². The van der Waals surface area contributed by atoms with Gasteiger partial charge in [-0.25, -0.2) is 0 Å². The molecule has 1 N–H and O–H groups in total. The van der Waals surface area contributed by atoms with Crippen molar-refractivity contribution < 1.29 is 0 Å². The largest absolute Gasteiger partial charge is 0.310 e. The number of nitrogens with zero attached hydrogens (tertiary/aromatic N) is 1. The topological polar surface area (TPSA) is 15.3 Å². The standard InChI is InChI=1S/C18H27BrN2/c1-15(16-6-8-17(19)9-7-16)21-13-5-12-20-18(14-21)10-3-2-4-11-18/h6-9,15,20H,2-5,10-14H2,1H3. The van der Waals surface area contributed by atoms with E-state index in [9.17, 15) is 0 Å². The maximum absolute atomic E-state index is 3.89. The minimum Gasteiger partial charge on any atom is -0.310 e. The molecule has 3 heteroatoms. The Bertz CT molecular complexity index is 451. The van der Waals surface area contributed by atoms with Gasteiger partial charge in [-0.15, -0.1) is 0 Å². The molecule has 1 aromatic rings. The van der Waals surface area contributed by atoms with Gasteiger partial charge in [-0.05, 0) is 50.4 Å². The van der Waals surface area contributed by atoms with E-state index in [0.29, 0.717) is 11.6 Å². The number of hydrogen-bond donors (Lipinski definition) is 1. The summed E-state index contributed by atoms with van der Waals surface area (Å²) < 4.78 is 1.17. The minimum absolute atomic E-state index is 0.387. The van der Waals surface area contributed by atoms with Crippen LogP contribution in [0.1, 0.15) is 57.1 Å². The number of rotatable bonds is 2. The Morgan fingerprint density at radius 1 is 1.10 bits per heavy atom. The number of benzene rings is 1. The van der Waals surface area contributed by atoms with Crippen LogP contribution in [0.15, 0.2) is 28.7 Å². The molecule has 1 heterocycles. The Hall–Kier alpha value is -0.380. The Morgan fingerprint density at radius 3 is 2.52 bits per heavy atom. The van der Waals surface area contributed by atoms with Gasteiger partial charge in [0.15, 0.2) is 0 Å². The molecule has 116 valence electrons. The molecule has 1 atom stereocenters. The summed E-state index contributed by atoms with van der Waals surface area (Å²) in [5, 5.41) is 3.89. The van der Waals surface area contributed by atoms with Crippen molar-refractivity contribution in [2.75, 3.05) is 19.6 Å². The summed E-state index contributed by atoms with van der Waals surface area (Å²) in [6, 6.07) is 9.37. The normalized spacial score (nSPS) is 24.7. The molecule has 0 aromatic heterocycles. The van der Waals surface area contributed by atoms with Crippen LogP contribution in [0.2, 0.25) is 0 Å². The van der Waals surface area contributed by atoms with Gasteiger partial charge in [0.25, 0.3) is 0 Å². The van der Waals surface area contributed by atoms with Gasteiger partial charge in [0.2, 0.25) is 0 Å². The average molecular weight is 351 g/mol. The first kappa shape index (κ1) is 15.5. The van der Waals surface area contributed by atoms with Crippen LogP contribution in [-0.4, -0.2) is 30.1 Å². The third-order valence-corrected chi connectivity index (χ3v) is 5.87. The van der Waals surface area contributed by atoms with E-state index >= 15 is 0 Å². The Labute approximate surface area is 137 Å². The first-order chi connectivity index (χ1) is 10.2. The molecule has 1 unspecified atom stereocenters. The highest BCUT2D eigenvalue weighted by Gasteiger charge is 2.36. The maximum atomic E-state index is 3.89. The smallest absolute Gasteiger partial charge is 0.0320 e. The van der Waals surface area contributed by atoms with Gasteiger partial charge >= 0.3 is 0 Å². The summed E-state index contributed by atoms with van der Waals surface area (Å²) in [5.74, 6) is 0. The molecular weight excluding hydrogens is 324 g/mol. The zero-order chi connectivity index (χ0) is 14.7. The van der Waals surface area contributed by atoms with Crippen LogP contribution in [0.25, 0.3) is 0 Å². The van der Waals surface area contributed by atoms with E-state index in [2.05, 4.69) is 57.3 Å². The summed E-state index contributed by atoms with van der Waals surface area (Å²) in [7, 11) is 0. The first-order valence-corrected chi connectivity index (χ1v) is 9.22. The van der Waals surface area contributed by atoms with Crippen molar-refractivity contribution in [3.05, 3.63) is 34.3 Å². The molecule has 1 aliphatic carbocycles. The summed E-state index contributed by atoms with van der Waals surface area (Å²) >= 11 is 3.54. The lowest BCUT2D eigenvalue weighted by molar-refractivity contribution is 0.134. The predicted molar refractivity (Wildman–Crippen MR) is 92.6 cm³/mol. The highest BCUT2D eigenvalue weighted by molar-refractivity contribution is 9.10. The molecule has 1 aromatic carbocycles. The number of nitrogens with one attached hydrogen (secondary N) is 1. The molecule has 2 aliphatic rings. The highest BCUT2D eigenvalue weighted by Crippen LogP contribution is 2.33. The summed E-state index contributed by atoms with van der Waals surface area (Å²) in [4.78, 5) is 2.70. The molecule has 1 aliphatic heterocycles. The van der Waals surface area contributed by atoms with Crippen molar-refractivity contribution >= 4 is 15.9 Å². The van der Waals surface area contributed by atoms with Crippen LogP contribution in [0, 0.1) is 0 Å². The monoisotopic (exact) mass is 350 g/mol. The van der Waals surface area contributed by atoms with Crippen LogP contribution >= 0.6 is 15.9 Å². The van der Waals surface area contributed by atoms with E-state index in [4.69, 9.17) is 0 Å². The molecule has 1 saturated heterocycles. The van der Waals surface area contributed by atoms with Crippen LogP contribution in [0.3, 0.4) is 0 Å². The lowest BCUT2D eigenvalue weighted by atomic mass is 9.81. The molecule has 1 spiro atoms. The number of hydrogen-bond acceptors (Lipinski definition) is 2. The maximum Gasteiger partial charge on any atom is 0.0320 e. The second-order valence-electron chi connectivity index (χ2n) is 6.82. The van der Waals surface area contributed by atoms with Crippen molar-refractivity contribution in [3.63, 3.8) is 0 Å². The molecule has 21 heavy (non-hydrogen) atoms. The quantitative estimate of drug-likeness (QED) is 0.843. The molecule has 3 rings (SSSR count). The first-order valence-electron chi connectivity index (χ1n) is 8.43. The predicted octanol–water partition coefficient (Wildman–Crippen LogP) is 4.51. The molecule has 0 radical (unpaired) electrons. The zero-order valence-corrected chi connectivity index (χ0v) is 14.7. The van der Waals surface area contributed by atoms with Crippen molar-refractivity contribution in [1.29, 1.82) is 0 Å². The Morgan fingerprint density at radius 2 is 1.81 bits per heavy atom. The summed E-state index contributed by atoms with van der Waals surface area (Å²) in [6.07, 6.45) is 8.20. The summed E-state index contributed by atoms with van der Waals surface area (Å²) in [6.45, 7) is 5.98.